The van der Waals surface area contributed by atoms with Crippen LogP contribution in [0.3, 0.4) is 0 Å². The lowest BCUT2D eigenvalue weighted by Crippen LogP contribution is -2.10. The normalized spacial score (nSPS) is 10.9. The second-order valence-electron chi connectivity index (χ2n) is 6.24. The standard InChI is InChI=1S/C21H19BrO6/c1-13-6-7-15(18(10-13)27-9-3-8-26-12-20(24)25)19-11-17(23)14-4-2-5-16(22)21(14)28-19/h2,4-7,10-11H,3,8-9,12H2,1H3,(H,24,25). The summed E-state index contributed by atoms with van der Waals surface area (Å²) in [4.78, 5) is 22.9. The Bertz CT molecular complexity index is 1060. The molecule has 0 saturated heterocycles. The largest absolute Gasteiger partial charge is 0.493 e. The van der Waals surface area contributed by atoms with Gasteiger partial charge in [-0.05, 0) is 52.7 Å². The first-order valence-corrected chi connectivity index (χ1v) is 9.51. The number of carbonyl (C=O) groups is 1. The molecular weight excluding hydrogens is 428 g/mol. The maximum Gasteiger partial charge on any atom is 0.329 e. The third-order valence-electron chi connectivity index (χ3n) is 4.03. The molecule has 1 N–H and O–H groups in total. The Morgan fingerprint density at radius 3 is 2.79 bits per heavy atom. The third kappa shape index (κ3) is 4.79. The van der Waals surface area contributed by atoms with Crippen LogP contribution in [0.2, 0.25) is 0 Å². The molecule has 0 aliphatic carbocycles. The number of aliphatic carboxylic acids is 1. The lowest BCUT2D eigenvalue weighted by atomic mass is 10.1. The number of para-hydroxylation sites is 1. The fourth-order valence-corrected chi connectivity index (χ4v) is 3.18. The quantitative estimate of drug-likeness (QED) is 0.516. The summed E-state index contributed by atoms with van der Waals surface area (Å²) < 4.78 is 17.6. The average molecular weight is 447 g/mol. The molecule has 0 aliphatic rings. The molecule has 0 atom stereocenters. The molecule has 7 heteroatoms. The number of rotatable bonds is 8. The highest BCUT2D eigenvalue weighted by atomic mass is 79.9. The van der Waals surface area contributed by atoms with Crippen LogP contribution in [0.1, 0.15) is 12.0 Å². The summed E-state index contributed by atoms with van der Waals surface area (Å²) in [7, 11) is 0. The Morgan fingerprint density at radius 2 is 2.00 bits per heavy atom. The topological polar surface area (TPSA) is 86.0 Å². The summed E-state index contributed by atoms with van der Waals surface area (Å²) in [5.41, 5.74) is 2.03. The maximum atomic E-state index is 12.5. The average Bonchev–Trinajstić information content (AvgIpc) is 2.65. The van der Waals surface area contributed by atoms with Gasteiger partial charge in [-0.2, -0.15) is 0 Å². The summed E-state index contributed by atoms with van der Waals surface area (Å²) in [5.74, 6) is 0.00805. The van der Waals surface area contributed by atoms with Crippen LogP contribution in [0, 0.1) is 6.92 Å². The molecule has 3 aromatic rings. The number of aryl methyl sites for hydroxylation is 1. The molecule has 0 fully saturated rings. The fourth-order valence-electron chi connectivity index (χ4n) is 2.73. The first-order chi connectivity index (χ1) is 13.5. The number of carboxylic acids is 1. The molecule has 28 heavy (non-hydrogen) atoms. The molecule has 0 bridgehead atoms. The van der Waals surface area contributed by atoms with E-state index in [-0.39, 0.29) is 18.6 Å². The number of fused-ring (bicyclic) bond motifs is 1. The van der Waals surface area contributed by atoms with Crippen molar-refractivity contribution >= 4 is 32.9 Å². The van der Waals surface area contributed by atoms with Crippen molar-refractivity contribution in [3.05, 3.63) is 62.7 Å². The van der Waals surface area contributed by atoms with Gasteiger partial charge in [-0.15, -0.1) is 0 Å². The smallest absolute Gasteiger partial charge is 0.329 e. The predicted octanol–water partition coefficient (Wildman–Crippen LogP) is 4.40. The van der Waals surface area contributed by atoms with Crippen molar-refractivity contribution < 1.29 is 23.8 Å². The number of hydrogen-bond donors (Lipinski definition) is 1. The van der Waals surface area contributed by atoms with Gasteiger partial charge in [-0.3, -0.25) is 4.79 Å². The minimum absolute atomic E-state index is 0.133. The van der Waals surface area contributed by atoms with Crippen molar-refractivity contribution in [1.29, 1.82) is 0 Å². The van der Waals surface area contributed by atoms with Gasteiger partial charge in [-0.25, -0.2) is 4.79 Å². The molecule has 1 heterocycles. The van der Waals surface area contributed by atoms with Crippen molar-refractivity contribution in [1.82, 2.24) is 0 Å². The molecule has 0 aliphatic heterocycles. The van der Waals surface area contributed by atoms with Gasteiger partial charge in [0.15, 0.2) is 11.0 Å². The summed E-state index contributed by atoms with van der Waals surface area (Å²) >= 11 is 3.42. The van der Waals surface area contributed by atoms with E-state index in [1.807, 2.05) is 31.2 Å². The van der Waals surface area contributed by atoms with Crippen molar-refractivity contribution in [2.75, 3.05) is 19.8 Å². The Balaban J connectivity index is 1.84. The highest BCUT2D eigenvalue weighted by molar-refractivity contribution is 9.10. The lowest BCUT2D eigenvalue weighted by Gasteiger charge is -2.13. The van der Waals surface area contributed by atoms with E-state index in [1.165, 1.54) is 6.07 Å². The molecule has 2 aromatic carbocycles. The minimum atomic E-state index is -1.00. The van der Waals surface area contributed by atoms with E-state index in [1.54, 1.807) is 12.1 Å². The van der Waals surface area contributed by atoms with Crippen LogP contribution < -0.4 is 10.2 Å². The van der Waals surface area contributed by atoms with Gasteiger partial charge in [0.1, 0.15) is 18.1 Å². The van der Waals surface area contributed by atoms with Gasteiger partial charge < -0.3 is 19.0 Å². The van der Waals surface area contributed by atoms with Crippen LogP contribution in [-0.2, 0) is 9.53 Å². The number of carboxylic acid groups (broad SMARTS) is 1. The van der Waals surface area contributed by atoms with Gasteiger partial charge in [0.25, 0.3) is 0 Å². The predicted molar refractivity (Wildman–Crippen MR) is 109 cm³/mol. The molecule has 0 spiro atoms. The molecule has 3 rings (SSSR count). The number of hydrogen-bond acceptors (Lipinski definition) is 5. The van der Waals surface area contributed by atoms with Gasteiger partial charge >= 0.3 is 5.97 Å². The summed E-state index contributed by atoms with van der Waals surface area (Å²) in [6.07, 6.45) is 0.536. The van der Waals surface area contributed by atoms with E-state index in [0.29, 0.717) is 45.5 Å². The van der Waals surface area contributed by atoms with Crippen LogP contribution >= 0.6 is 15.9 Å². The highest BCUT2D eigenvalue weighted by Crippen LogP contribution is 2.33. The molecule has 0 radical (unpaired) electrons. The fraction of sp³-hybridized carbons (Fsp3) is 0.238. The van der Waals surface area contributed by atoms with Crippen LogP contribution in [0.25, 0.3) is 22.3 Å². The van der Waals surface area contributed by atoms with Gasteiger partial charge in [0.2, 0.25) is 0 Å². The van der Waals surface area contributed by atoms with Crippen LogP contribution in [0.15, 0.2) is 56.1 Å². The van der Waals surface area contributed by atoms with Crippen molar-refractivity contribution in [2.45, 2.75) is 13.3 Å². The minimum Gasteiger partial charge on any atom is -0.493 e. The highest BCUT2D eigenvalue weighted by Gasteiger charge is 2.13. The first kappa shape index (κ1) is 20.1. The maximum absolute atomic E-state index is 12.5. The van der Waals surface area contributed by atoms with Crippen LogP contribution in [-0.4, -0.2) is 30.9 Å². The van der Waals surface area contributed by atoms with Gasteiger partial charge in [0.05, 0.1) is 28.6 Å². The SMILES string of the molecule is Cc1ccc(-c2cc(=O)c3cccc(Br)c3o2)c(OCCCOCC(=O)O)c1. The molecule has 0 saturated carbocycles. The van der Waals surface area contributed by atoms with E-state index in [2.05, 4.69) is 15.9 Å². The molecule has 0 amide bonds. The Labute approximate surface area is 169 Å². The zero-order valence-corrected chi connectivity index (χ0v) is 16.8. The van der Waals surface area contributed by atoms with Crippen molar-refractivity contribution in [3.63, 3.8) is 0 Å². The molecule has 0 unspecified atom stereocenters. The van der Waals surface area contributed by atoms with E-state index in [9.17, 15) is 9.59 Å². The van der Waals surface area contributed by atoms with E-state index >= 15 is 0 Å². The zero-order chi connectivity index (χ0) is 20.1. The zero-order valence-electron chi connectivity index (χ0n) is 15.2. The Hall–Kier alpha value is -2.64. The first-order valence-electron chi connectivity index (χ1n) is 8.71. The second kappa shape index (κ2) is 9.03. The Morgan fingerprint density at radius 1 is 1.18 bits per heavy atom. The van der Waals surface area contributed by atoms with Crippen molar-refractivity contribution in [2.24, 2.45) is 0 Å². The van der Waals surface area contributed by atoms with E-state index in [4.69, 9.17) is 19.0 Å². The van der Waals surface area contributed by atoms with Crippen molar-refractivity contribution in [3.8, 4) is 17.1 Å². The number of ether oxygens (including phenoxy) is 2. The van der Waals surface area contributed by atoms with E-state index < -0.39 is 5.97 Å². The number of benzene rings is 2. The summed E-state index contributed by atoms with van der Waals surface area (Å²) in [6.45, 7) is 2.25. The molecule has 6 nitrogen and oxygen atoms in total. The molecule has 146 valence electrons. The molecular formula is C21H19BrO6. The lowest BCUT2D eigenvalue weighted by molar-refractivity contribution is -0.142. The van der Waals surface area contributed by atoms with E-state index in [0.717, 1.165) is 5.56 Å². The summed E-state index contributed by atoms with van der Waals surface area (Å²) in [5, 5.41) is 9.07. The Kier molecular flexibility index (Phi) is 6.49. The van der Waals surface area contributed by atoms with Crippen LogP contribution in [0.5, 0.6) is 5.75 Å². The molecule has 1 aromatic heterocycles. The monoisotopic (exact) mass is 446 g/mol. The number of halogens is 1. The van der Waals surface area contributed by atoms with Crippen LogP contribution in [0.4, 0.5) is 0 Å². The van der Waals surface area contributed by atoms with Gasteiger partial charge in [0, 0.05) is 12.5 Å². The van der Waals surface area contributed by atoms with Gasteiger partial charge in [-0.1, -0.05) is 12.1 Å². The second-order valence-corrected chi connectivity index (χ2v) is 7.09. The third-order valence-corrected chi connectivity index (χ3v) is 4.65. The summed E-state index contributed by atoms with van der Waals surface area (Å²) in [6, 6.07) is 12.4.